The van der Waals surface area contributed by atoms with Gasteiger partial charge in [0.15, 0.2) is 0 Å². The summed E-state index contributed by atoms with van der Waals surface area (Å²) in [7, 11) is 0. The monoisotopic (exact) mass is 250 g/mol. The van der Waals surface area contributed by atoms with Crippen molar-refractivity contribution in [3.63, 3.8) is 0 Å². The lowest BCUT2D eigenvalue weighted by Crippen LogP contribution is -2.66. The Balaban J connectivity index is 1.68. The van der Waals surface area contributed by atoms with E-state index >= 15 is 0 Å². The minimum absolute atomic E-state index is 0.541. The van der Waals surface area contributed by atoms with E-state index in [4.69, 9.17) is 0 Å². The lowest BCUT2D eigenvalue weighted by atomic mass is 9.76. The van der Waals surface area contributed by atoms with Crippen LogP contribution in [0.15, 0.2) is 0 Å². The van der Waals surface area contributed by atoms with Gasteiger partial charge in [0.05, 0.1) is 0 Å². The summed E-state index contributed by atoms with van der Waals surface area (Å²) in [5.74, 6) is 1.03. The summed E-state index contributed by atoms with van der Waals surface area (Å²) in [6.07, 6.45) is 13.0. The molecule has 3 rings (SSSR count). The van der Waals surface area contributed by atoms with Crippen LogP contribution in [-0.2, 0) is 0 Å². The second-order valence-corrected chi connectivity index (χ2v) is 6.97. The molecule has 2 nitrogen and oxygen atoms in total. The van der Waals surface area contributed by atoms with Gasteiger partial charge in [0.2, 0.25) is 0 Å². The second-order valence-electron chi connectivity index (χ2n) is 6.97. The average Bonchev–Trinajstić information content (AvgIpc) is 2.37. The van der Waals surface area contributed by atoms with Crippen molar-refractivity contribution in [2.24, 2.45) is 5.92 Å². The van der Waals surface area contributed by atoms with Crippen LogP contribution in [0.1, 0.15) is 64.7 Å². The topological polar surface area (TPSA) is 15.3 Å². The minimum atomic E-state index is 0.541. The number of hydrogen-bond acceptors (Lipinski definition) is 2. The standard InChI is InChI=1S/C16H30N2/c1-2-15-12-18(11-14-7-6-8-14)16(13-17-15)9-4-3-5-10-16/h14-15,17H,2-13H2,1H3. The number of rotatable bonds is 3. The number of nitrogens with one attached hydrogen (secondary N) is 1. The molecule has 1 spiro atoms. The summed E-state index contributed by atoms with van der Waals surface area (Å²) in [6, 6.07) is 0.748. The zero-order chi connectivity index (χ0) is 12.4. The molecule has 18 heavy (non-hydrogen) atoms. The summed E-state index contributed by atoms with van der Waals surface area (Å²) in [4.78, 5) is 2.92. The zero-order valence-corrected chi connectivity index (χ0v) is 12.1. The molecule has 1 N–H and O–H groups in total. The fourth-order valence-corrected chi connectivity index (χ4v) is 4.20. The van der Waals surface area contributed by atoms with Gasteiger partial charge in [-0.05, 0) is 38.0 Å². The van der Waals surface area contributed by atoms with Crippen molar-refractivity contribution in [1.29, 1.82) is 0 Å². The maximum atomic E-state index is 3.83. The Bertz CT molecular complexity index is 264. The SMILES string of the molecule is CCC1CN(CC2CCC2)C2(CCCCC2)CN1. The first-order valence-electron chi connectivity index (χ1n) is 8.31. The van der Waals surface area contributed by atoms with Gasteiger partial charge in [-0.15, -0.1) is 0 Å². The molecule has 0 amide bonds. The van der Waals surface area contributed by atoms with E-state index in [0.29, 0.717) is 5.54 Å². The van der Waals surface area contributed by atoms with E-state index in [9.17, 15) is 0 Å². The van der Waals surface area contributed by atoms with Crippen LogP contribution < -0.4 is 5.32 Å². The predicted molar refractivity (Wildman–Crippen MR) is 76.8 cm³/mol. The van der Waals surface area contributed by atoms with Gasteiger partial charge in [0.1, 0.15) is 0 Å². The van der Waals surface area contributed by atoms with Gasteiger partial charge in [0.25, 0.3) is 0 Å². The molecule has 0 aromatic carbocycles. The molecule has 1 unspecified atom stereocenters. The minimum Gasteiger partial charge on any atom is -0.311 e. The fourth-order valence-electron chi connectivity index (χ4n) is 4.20. The van der Waals surface area contributed by atoms with E-state index in [1.54, 1.807) is 0 Å². The molecule has 2 heteroatoms. The van der Waals surface area contributed by atoms with Crippen molar-refractivity contribution >= 4 is 0 Å². The molecule has 2 aliphatic carbocycles. The van der Waals surface area contributed by atoms with Crippen molar-refractivity contribution in [2.75, 3.05) is 19.6 Å². The van der Waals surface area contributed by atoms with E-state index in [2.05, 4.69) is 17.1 Å². The van der Waals surface area contributed by atoms with Gasteiger partial charge in [-0.3, -0.25) is 4.90 Å². The van der Waals surface area contributed by atoms with E-state index in [0.717, 1.165) is 12.0 Å². The van der Waals surface area contributed by atoms with Crippen LogP contribution in [0.5, 0.6) is 0 Å². The van der Waals surface area contributed by atoms with Gasteiger partial charge in [-0.1, -0.05) is 32.6 Å². The summed E-state index contributed by atoms with van der Waals surface area (Å²) in [5.41, 5.74) is 0.541. The van der Waals surface area contributed by atoms with E-state index in [1.807, 2.05) is 0 Å². The highest BCUT2D eigenvalue weighted by Crippen LogP contribution is 2.38. The molecule has 0 aromatic heterocycles. The van der Waals surface area contributed by atoms with Crippen LogP contribution in [0.2, 0.25) is 0 Å². The third-order valence-corrected chi connectivity index (χ3v) is 5.81. The molecule has 1 heterocycles. The summed E-state index contributed by atoms with van der Waals surface area (Å²) in [6.45, 7) is 6.31. The van der Waals surface area contributed by atoms with Crippen LogP contribution in [-0.4, -0.2) is 36.1 Å². The molecular weight excluding hydrogens is 220 g/mol. The molecule has 0 bridgehead atoms. The predicted octanol–water partition coefficient (Wildman–Crippen LogP) is 3.17. The molecule has 0 aromatic rings. The smallest absolute Gasteiger partial charge is 0.0334 e. The molecule has 104 valence electrons. The Labute approximate surface area is 113 Å². The van der Waals surface area contributed by atoms with Gasteiger partial charge >= 0.3 is 0 Å². The maximum absolute atomic E-state index is 3.83. The van der Waals surface area contributed by atoms with Crippen molar-refractivity contribution < 1.29 is 0 Å². The van der Waals surface area contributed by atoms with Crippen LogP contribution in [0, 0.1) is 5.92 Å². The first-order chi connectivity index (χ1) is 8.82. The Morgan fingerprint density at radius 2 is 1.89 bits per heavy atom. The van der Waals surface area contributed by atoms with Gasteiger partial charge in [0, 0.05) is 31.2 Å². The fraction of sp³-hybridized carbons (Fsp3) is 1.00. The van der Waals surface area contributed by atoms with Crippen LogP contribution in [0.25, 0.3) is 0 Å². The van der Waals surface area contributed by atoms with Crippen LogP contribution >= 0.6 is 0 Å². The Morgan fingerprint density at radius 3 is 2.50 bits per heavy atom. The Hall–Kier alpha value is -0.0800. The van der Waals surface area contributed by atoms with E-state index in [1.165, 1.54) is 77.4 Å². The molecule has 1 saturated heterocycles. The van der Waals surface area contributed by atoms with E-state index < -0.39 is 0 Å². The lowest BCUT2D eigenvalue weighted by molar-refractivity contribution is -0.0105. The highest BCUT2D eigenvalue weighted by molar-refractivity contribution is 5.01. The molecule has 1 aliphatic heterocycles. The Kier molecular flexibility index (Phi) is 3.95. The largest absolute Gasteiger partial charge is 0.311 e. The second kappa shape index (κ2) is 5.50. The summed E-state index contributed by atoms with van der Waals surface area (Å²) < 4.78 is 0. The first-order valence-corrected chi connectivity index (χ1v) is 8.31. The van der Waals surface area contributed by atoms with Crippen LogP contribution in [0.4, 0.5) is 0 Å². The molecular formula is C16H30N2. The van der Waals surface area contributed by atoms with Crippen molar-refractivity contribution in [1.82, 2.24) is 10.2 Å². The van der Waals surface area contributed by atoms with Gasteiger partial charge in [-0.25, -0.2) is 0 Å². The molecule has 1 atom stereocenters. The maximum Gasteiger partial charge on any atom is 0.0334 e. The molecule has 0 radical (unpaired) electrons. The molecule has 3 fully saturated rings. The molecule has 2 saturated carbocycles. The normalized spacial score (nSPS) is 33.5. The molecule has 3 aliphatic rings. The highest BCUT2D eigenvalue weighted by atomic mass is 15.3. The quantitative estimate of drug-likeness (QED) is 0.827. The van der Waals surface area contributed by atoms with Crippen molar-refractivity contribution in [2.45, 2.75) is 76.3 Å². The summed E-state index contributed by atoms with van der Waals surface area (Å²) >= 11 is 0. The third kappa shape index (κ3) is 2.46. The lowest BCUT2D eigenvalue weighted by Gasteiger charge is -2.53. The first kappa shape index (κ1) is 12.9. The number of hydrogen-bond donors (Lipinski definition) is 1. The summed E-state index contributed by atoms with van der Waals surface area (Å²) in [5, 5.41) is 3.83. The number of nitrogens with zero attached hydrogens (tertiary/aromatic N) is 1. The van der Waals surface area contributed by atoms with Crippen molar-refractivity contribution in [3.05, 3.63) is 0 Å². The third-order valence-electron chi connectivity index (χ3n) is 5.81. The number of piperazine rings is 1. The van der Waals surface area contributed by atoms with Crippen molar-refractivity contribution in [3.8, 4) is 0 Å². The van der Waals surface area contributed by atoms with E-state index in [-0.39, 0.29) is 0 Å². The van der Waals surface area contributed by atoms with Gasteiger partial charge in [-0.2, -0.15) is 0 Å². The zero-order valence-electron chi connectivity index (χ0n) is 12.1. The van der Waals surface area contributed by atoms with Gasteiger partial charge < -0.3 is 5.32 Å². The highest BCUT2D eigenvalue weighted by Gasteiger charge is 2.42. The average molecular weight is 250 g/mol. The Morgan fingerprint density at radius 1 is 1.11 bits per heavy atom. The van der Waals surface area contributed by atoms with Crippen LogP contribution in [0.3, 0.4) is 0 Å².